The molecule has 29 heavy (non-hydrogen) atoms. The number of imidazole rings is 1. The van der Waals surface area contributed by atoms with Gasteiger partial charge in [-0.15, -0.1) is 0 Å². The maximum Gasteiger partial charge on any atom is 0.337 e. The van der Waals surface area contributed by atoms with Crippen LogP contribution < -0.4 is 11.1 Å². The van der Waals surface area contributed by atoms with Gasteiger partial charge in [-0.3, -0.25) is 4.79 Å². The summed E-state index contributed by atoms with van der Waals surface area (Å²) in [7, 11) is 1.31. The van der Waals surface area contributed by atoms with Crippen molar-refractivity contribution in [1.82, 2.24) is 19.9 Å². The number of anilines is 2. The van der Waals surface area contributed by atoms with Crippen LogP contribution in [0.25, 0.3) is 22.6 Å². The van der Waals surface area contributed by atoms with Crippen molar-refractivity contribution in [3.05, 3.63) is 54.1 Å². The van der Waals surface area contributed by atoms with Gasteiger partial charge >= 0.3 is 5.97 Å². The first kappa shape index (κ1) is 18.2. The van der Waals surface area contributed by atoms with Gasteiger partial charge in [-0.05, 0) is 46.7 Å². The molecule has 0 aliphatic rings. The van der Waals surface area contributed by atoms with E-state index in [0.29, 0.717) is 22.6 Å². The normalized spacial score (nSPS) is 10.8. The lowest BCUT2D eigenvalue weighted by atomic mass is 10.2. The number of carbonyl (C=O) groups excluding carboxylic acids is 2. The quantitative estimate of drug-likeness (QED) is 0.492. The number of esters is 1. The molecule has 4 rings (SSSR count). The fraction of sp³-hybridized carbons (Fsp3) is 0.105. The standard InChI is InChI=1S/C19H16N6O4/c1-28-19(27)11-6-8-12(9-7-11)21-15(26)10-25-14-5-3-2-4-13(14)22-18(25)16-17(20)24-29-23-16/h2-9H,10H2,1H3,(H2,20,24)(H,21,26). The van der Waals surface area contributed by atoms with Crippen molar-refractivity contribution in [1.29, 1.82) is 0 Å². The molecule has 0 radical (unpaired) electrons. The smallest absolute Gasteiger partial charge is 0.337 e. The molecule has 4 aromatic rings. The summed E-state index contributed by atoms with van der Waals surface area (Å²) in [6.07, 6.45) is 0. The van der Waals surface area contributed by atoms with E-state index in [1.54, 1.807) is 28.8 Å². The lowest BCUT2D eigenvalue weighted by Crippen LogP contribution is -2.19. The average Bonchev–Trinajstić information content (AvgIpc) is 3.31. The van der Waals surface area contributed by atoms with E-state index in [1.807, 2.05) is 24.3 Å². The molecule has 0 saturated heterocycles. The summed E-state index contributed by atoms with van der Waals surface area (Å²) in [5.41, 5.74) is 8.42. The number of carbonyl (C=O) groups is 2. The average molecular weight is 392 g/mol. The van der Waals surface area contributed by atoms with E-state index < -0.39 is 5.97 Å². The number of hydrogen-bond acceptors (Lipinski definition) is 8. The Balaban J connectivity index is 1.61. The number of hydrogen-bond donors (Lipinski definition) is 2. The van der Waals surface area contributed by atoms with Gasteiger partial charge in [0, 0.05) is 5.69 Å². The number of nitrogens with zero attached hydrogens (tertiary/aromatic N) is 4. The Bertz CT molecular complexity index is 1200. The van der Waals surface area contributed by atoms with Gasteiger partial charge < -0.3 is 20.4 Å². The molecule has 0 saturated carbocycles. The molecule has 0 bridgehead atoms. The lowest BCUT2D eigenvalue weighted by Gasteiger charge is -2.09. The molecular weight excluding hydrogens is 376 g/mol. The Kier molecular flexibility index (Phi) is 4.65. The maximum absolute atomic E-state index is 12.7. The number of rotatable bonds is 5. The first-order valence-electron chi connectivity index (χ1n) is 8.58. The third-order valence-corrected chi connectivity index (χ3v) is 4.27. The van der Waals surface area contributed by atoms with Crippen LogP contribution in [0.15, 0.2) is 53.2 Å². The lowest BCUT2D eigenvalue weighted by molar-refractivity contribution is -0.116. The van der Waals surface area contributed by atoms with E-state index in [1.165, 1.54) is 7.11 Å². The van der Waals surface area contributed by atoms with Gasteiger partial charge in [0.2, 0.25) is 5.91 Å². The van der Waals surface area contributed by atoms with Crippen molar-refractivity contribution in [2.75, 3.05) is 18.2 Å². The van der Waals surface area contributed by atoms with Crippen molar-refractivity contribution >= 4 is 34.4 Å². The highest BCUT2D eigenvalue weighted by molar-refractivity contribution is 5.94. The molecule has 10 heteroatoms. The van der Waals surface area contributed by atoms with E-state index in [-0.39, 0.29) is 24.0 Å². The molecule has 0 aliphatic heterocycles. The zero-order valence-electron chi connectivity index (χ0n) is 15.3. The van der Waals surface area contributed by atoms with Gasteiger partial charge in [-0.25, -0.2) is 14.4 Å². The number of nitrogens with two attached hydrogens (primary N) is 1. The van der Waals surface area contributed by atoms with Crippen molar-refractivity contribution < 1.29 is 19.0 Å². The van der Waals surface area contributed by atoms with Crippen LogP contribution in [-0.2, 0) is 16.1 Å². The van der Waals surface area contributed by atoms with E-state index in [2.05, 4.69) is 30.0 Å². The molecule has 146 valence electrons. The number of nitrogen functional groups attached to an aromatic ring is 1. The van der Waals surface area contributed by atoms with Gasteiger partial charge in [-0.2, -0.15) is 0 Å². The molecule has 0 unspecified atom stereocenters. The van der Waals surface area contributed by atoms with Gasteiger partial charge in [-0.1, -0.05) is 12.1 Å². The molecule has 10 nitrogen and oxygen atoms in total. The van der Waals surface area contributed by atoms with Crippen LogP contribution in [0.2, 0.25) is 0 Å². The minimum Gasteiger partial charge on any atom is -0.465 e. The van der Waals surface area contributed by atoms with Crippen LogP contribution in [0, 0.1) is 0 Å². The van der Waals surface area contributed by atoms with E-state index in [9.17, 15) is 9.59 Å². The second kappa shape index (κ2) is 7.43. The summed E-state index contributed by atoms with van der Waals surface area (Å²) in [5, 5.41) is 10.2. The zero-order chi connectivity index (χ0) is 20.4. The SMILES string of the molecule is COC(=O)c1ccc(NC(=O)Cn2c(-c3nonc3N)nc3ccccc32)cc1. The van der Waals surface area contributed by atoms with Crippen LogP contribution in [0.3, 0.4) is 0 Å². The molecule has 0 atom stereocenters. The predicted octanol–water partition coefficient (Wildman–Crippen LogP) is 2.09. The van der Waals surface area contributed by atoms with Crippen molar-refractivity contribution in [2.24, 2.45) is 0 Å². The molecule has 0 spiro atoms. The fourth-order valence-corrected chi connectivity index (χ4v) is 2.92. The summed E-state index contributed by atoms with van der Waals surface area (Å²) < 4.78 is 11.0. The monoisotopic (exact) mass is 392 g/mol. The Hall–Kier alpha value is -4.21. The fourth-order valence-electron chi connectivity index (χ4n) is 2.92. The van der Waals surface area contributed by atoms with E-state index >= 15 is 0 Å². The van der Waals surface area contributed by atoms with Crippen LogP contribution >= 0.6 is 0 Å². The van der Waals surface area contributed by atoms with Gasteiger partial charge in [0.15, 0.2) is 17.3 Å². The number of aromatic nitrogens is 4. The van der Waals surface area contributed by atoms with Crippen LogP contribution in [0.4, 0.5) is 11.5 Å². The minimum absolute atomic E-state index is 0.0408. The van der Waals surface area contributed by atoms with Crippen LogP contribution in [0.1, 0.15) is 10.4 Å². The van der Waals surface area contributed by atoms with E-state index in [4.69, 9.17) is 5.73 Å². The number of para-hydroxylation sites is 2. The summed E-state index contributed by atoms with van der Waals surface area (Å²) in [5.74, 6) is -0.284. The summed E-state index contributed by atoms with van der Waals surface area (Å²) in [6.45, 7) is -0.0408. The molecule has 0 fully saturated rings. The summed E-state index contributed by atoms with van der Waals surface area (Å²) in [6, 6.07) is 13.7. The molecule has 2 heterocycles. The largest absolute Gasteiger partial charge is 0.465 e. The Labute approximate surface area is 164 Å². The summed E-state index contributed by atoms with van der Waals surface area (Å²) in [4.78, 5) is 28.7. The van der Waals surface area contributed by atoms with Crippen LogP contribution in [0.5, 0.6) is 0 Å². The highest BCUT2D eigenvalue weighted by Crippen LogP contribution is 2.26. The Morgan fingerprint density at radius 1 is 1.14 bits per heavy atom. The minimum atomic E-state index is -0.448. The molecule has 2 aromatic carbocycles. The van der Waals surface area contributed by atoms with Gasteiger partial charge in [0.1, 0.15) is 6.54 Å². The highest BCUT2D eigenvalue weighted by Gasteiger charge is 2.20. The van der Waals surface area contributed by atoms with Crippen molar-refractivity contribution in [3.63, 3.8) is 0 Å². The topological polar surface area (TPSA) is 138 Å². The maximum atomic E-state index is 12.7. The Morgan fingerprint density at radius 2 is 1.90 bits per heavy atom. The number of benzene rings is 2. The molecule has 2 aromatic heterocycles. The van der Waals surface area contributed by atoms with Crippen molar-refractivity contribution in [3.8, 4) is 11.5 Å². The van der Waals surface area contributed by atoms with Gasteiger partial charge in [0.05, 0.1) is 23.7 Å². The van der Waals surface area contributed by atoms with Crippen molar-refractivity contribution in [2.45, 2.75) is 6.54 Å². The highest BCUT2D eigenvalue weighted by atomic mass is 16.6. The third kappa shape index (κ3) is 3.50. The number of ether oxygens (including phenoxy) is 1. The van der Waals surface area contributed by atoms with Gasteiger partial charge in [0.25, 0.3) is 0 Å². The molecule has 1 amide bonds. The third-order valence-electron chi connectivity index (χ3n) is 4.27. The number of fused-ring (bicyclic) bond motifs is 1. The molecule has 3 N–H and O–H groups in total. The second-order valence-electron chi connectivity index (χ2n) is 6.13. The first-order chi connectivity index (χ1) is 14.1. The van der Waals surface area contributed by atoms with E-state index in [0.717, 1.165) is 5.52 Å². The predicted molar refractivity (Wildman–Crippen MR) is 104 cm³/mol. The number of nitrogens with one attached hydrogen (secondary N) is 1. The molecular formula is C19H16N6O4. The van der Waals surface area contributed by atoms with Crippen LogP contribution in [-0.4, -0.2) is 38.9 Å². The second-order valence-corrected chi connectivity index (χ2v) is 6.13. The Morgan fingerprint density at radius 3 is 2.59 bits per heavy atom. The summed E-state index contributed by atoms with van der Waals surface area (Å²) >= 11 is 0. The molecule has 0 aliphatic carbocycles. The zero-order valence-corrected chi connectivity index (χ0v) is 15.3. The number of methoxy groups -OCH3 is 1. The number of amides is 1. The first-order valence-corrected chi connectivity index (χ1v) is 8.58.